The van der Waals surface area contributed by atoms with Crippen LogP contribution in [0, 0.1) is 0 Å². The van der Waals surface area contributed by atoms with E-state index in [1.165, 1.54) is 24.0 Å². The molecule has 0 spiro atoms. The van der Waals surface area contributed by atoms with Gasteiger partial charge in [0.05, 0.1) is 0 Å². The molecule has 0 aliphatic carbocycles. The average Bonchev–Trinajstić information content (AvgIpc) is 2.98. The van der Waals surface area contributed by atoms with Crippen molar-refractivity contribution in [3.05, 3.63) is 59.7 Å². The molecule has 0 radical (unpaired) electrons. The third-order valence-electron chi connectivity index (χ3n) is 4.16. The quantitative estimate of drug-likeness (QED) is 0.876. The predicted octanol–water partition coefficient (Wildman–Crippen LogP) is 4.62. The number of amides is 2. The molecule has 3 heteroatoms. The van der Waals surface area contributed by atoms with Crippen LogP contribution in [0.25, 0.3) is 0 Å². The van der Waals surface area contributed by atoms with Gasteiger partial charge in [-0.05, 0) is 48.6 Å². The molecule has 0 atom stereocenters. The number of hydrogen-bond acceptors (Lipinski definition) is 1. The van der Waals surface area contributed by atoms with Crippen LogP contribution < -0.4 is 10.2 Å². The minimum atomic E-state index is -0.0498. The standard InChI is InChI=1S/C19H22N2O/c1-2-3-6-15-9-11-17(12-10-15)20-19(22)21-14-13-16-7-4-5-8-18(16)21/h4-5,7-12H,2-3,6,13-14H2,1H3,(H,20,22). The second-order valence-corrected chi connectivity index (χ2v) is 5.76. The number of fused-ring (bicyclic) bond motifs is 1. The van der Waals surface area contributed by atoms with Crippen LogP contribution in [0.3, 0.4) is 0 Å². The number of anilines is 2. The Morgan fingerprint density at radius 2 is 1.91 bits per heavy atom. The molecule has 0 bridgehead atoms. The Balaban J connectivity index is 1.65. The molecule has 0 fully saturated rings. The maximum Gasteiger partial charge on any atom is 0.326 e. The lowest BCUT2D eigenvalue weighted by Gasteiger charge is -2.18. The third-order valence-corrected chi connectivity index (χ3v) is 4.16. The third kappa shape index (κ3) is 3.14. The lowest BCUT2D eigenvalue weighted by Crippen LogP contribution is -2.33. The molecule has 0 unspecified atom stereocenters. The molecule has 2 amide bonds. The summed E-state index contributed by atoms with van der Waals surface area (Å²) in [7, 11) is 0. The number of unbranched alkanes of at least 4 members (excludes halogenated alkanes) is 1. The number of para-hydroxylation sites is 1. The van der Waals surface area contributed by atoms with E-state index in [0.717, 1.165) is 30.8 Å². The van der Waals surface area contributed by atoms with Gasteiger partial charge in [-0.3, -0.25) is 4.90 Å². The summed E-state index contributed by atoms with van der Waals surface area (Å²) >= 11 is 0. The van der Waals surface area contributed by atoms with Crippen LogP contribution in [-0.4, -0.2) is 12.6 Å². The normalized spacial score (nSPS) is 13.0. The van der Waals surface area contributed by atoms with E-state index >= 15 is 0 Å². The molecule has 1 N–H and O–H groups in total. The van der Waals surface area contributed by atoms with Gasteiger partial charge in [0.15, 0.2) is 0 Å². The topological polar surface area (TPSA) is 32.3 Å². The first-order chi connectivity index (χ1) is 10.8. The van der Waals surface area contributed by atoms with E-state index in [4.69, 9.17) is 0 Å². The van der Waals surface area contributed by atoms with Gasteiger partial charge in [0.25, 0.3) is 0 Å². The number of urea groups is 1. The van der Waals surface area contributed by atoms with Crippen molar-refractivity contribution in [1.82, 2.24) is 0 Å². The van der Waals surface area contributed by atoms with Crippen molar-refractivity contribution in [1.29, 1.82) is 0 Å². The molecular weight excluding hydrogens is 272 g/mol. The number of rotatable bonds is 4. The van der Waals surface area contributed by atoms with Gasteiger partial charge in [-0.15, -0.1) is 0 Å². The van der Waals surface area contributed by atoms with Crippen LogP contribution in [0.2, 0.25) is 0 Å². The summed E-state index contributed by atoms with van der Waals surface area (Å²) in [6.45, 7) is 2.95. The molecule has 114 valence electrons. The Kier molecular flexibility index (Phi) is 4.42. The van der Waals surface area contributed by atoms with E-state index in [1.807, 2.05) is 35.2 Å². The van der Waals surface area contributed by atoms with Gasteiger partial charge < -0.3 is 5.32 Å². The fraction of sp³-hybridized carbons (Fsp3) is 0.316. The highest BCUT2D eigenvalue weighted by atomic mass is 16.2. The summed E-state index contributed by atoms with van der Waals surface area (Å²) < 4.78 is 0. The van der Waals surface area contributed by atoms with Crippen LogP contribution >= 0.6 is 0 Å². The van der Waals surface area contributed by atoms with Gasteiger partial charge in [-0.2, -0.15) is 0 Å². The first-order valence-corrected chi connectivity index (χ1v) is 8.03. The number of aryl methyl sites for hydroxylation is 1. The summed E-state index contributed by atoms with van der Waals surface area (Å²) in [4.78, 5) is 14.3. The van der Waals surface area contributed by atoms with E-state index in [2.05, 4.69) is 30.4 Å². The smallest absolute Gasteiger partial charge is 0.308 e. The molecule has 2 aromatic carbocycles. The van der Waals surface area contributed by atoms with E-state index in [1.54, 1.807) is 0 Å². The average molecular weight is 294 g/mol. The SMILES string of the molecule is CCCCc1ccc(NC(=O)N2CCc3ccccc32)cc1. The van der Waals surface area contributed by atoms with Gasteiger partial charge in [0.1, 0.15) is 0 Å². The second kappa shape index (κ2) is 6.65. The lowest BCUT2D eigenvalue weighted by molar-refractivity contribution is 0.257. The summed E-state index contributed by atoms with van der Waals surface area (Å²) in [5.74, 6) is 0. The molecule has 22 heavy (non-hydrogen) atoms. The Hall–Kier alpha value is -2.29. The number of carbonyl (C=O) groups is 1. The Bertz CT molecular complexity index is 649. The fourth-order valence-electron chi connectivity index (χ4n) is 2.88. The molecule has 0 saturated heterocycles. The van der Waals surface area contributed by atoms with Crippen molar-refractivity contribution in [3.63, 3.8) is 0 Å². The minimum absolute atomic E-state index is 0.0498. The lowest BCUT2D eigenvalue weighted by atomic mass is 10.1. The number of hydrogen-bond donors (Lipinski definition) is 1. The molecule has 1 aliphatic rings. The van der Waals surface area contributed by atoms with E-state index in [0.29, 0.717) is 0 Å². The van der Waals surface area contributed by atoms with Gasteiger partial charge in [-0.25, -0.2) is 4.79 Å². The van der Waals surface area contributed by atoms with Crippen LogP contribution in [0.15, 0.2) is 48.5 Å². The van der Waals surface area contributed by atoms with Crippen molar-refractivity contribution in [2.45, 2.75) is 32.6 Å². The molecule has 1 aliphatic heterocycles. The highest BCUT2D eigenvalue weighted by molar-refractivity contribution is 6.03. The highest BCUT2D eigenvalue weighted by Gasteiger charge is 2.23. The minimum Gasteiger partial charge on any atom is -0.308 e. The summed E-state index contributed by atoms with van der Waals surface area (Å²) in [5.41, 5.74) is 4.45. The van der Waals surface area contributed by atoms with Crippen LogP contribution in [0.1, 0.15) is 30.9 Å². The summed E-state index contributed by atoms with van der Waals surface area (Å²) in [6, 6.07) is 16.2. The first kappa shape index (κ1) is 14.6. The molecule has 1 heterocycles. The number of nitrogens with one attached hydrogen (secondary N) is 1. The maximum atomic E-state index is 12.4. The van der Waals surface area contributed by atoms with Gasteiger partial charge in [0, 0.05) is 17.9 Å². The van der Waals surface area contributed by atoms with Crippen molar-refractivity contribution in [2.75, 3.05) is 16.8 Å². The first-order valence-electron chi connectivity index (χ1n) is 8.03. The zero-order valence-electron chi connectivity index (χ0n) is 13.0. The molecule has 0 saturated carbocycles. The van der Waals surface area contributed by atoms with E-state index < -0.39 is 0 Å². The zero-order valence-corrected chi connectivity index (χ0v) is 13.0. The Morgan fingerprint density at radius 3 is 2.68 bits per heavy atom. The second-order valence-electron chi connectivity index (χ2n) is 5.76. The number of nitrogens with zero attached hydrogens (tertiary/aromatic N) is 1. The molecular formula is C19H22N2O. The van der Waals surface area contributed by atoms with E-state index in [-0.39, 0.29) is 6.03 Å². The van der Waals surface area contributed by atoms with Crippen molar-refractivity contribution < 1.29 is 4.79 Å². The van der Waals surface area contributed by atoms with Gasteiger partial charge in [-0.1, -0.05) is 43.7 Å². The zero-order chi connectivity index (χ0) is 15.4. The summed E-state index contributed by atoms with van der Waals surface area (Å²) in [6.07, 6.45) is 4.44. The van der Waals surface area contributed by atoms with Crippen molar-refractivity contribution in [3.8, 4) is 0 Å². The van der Waals surface area contributed by atoms with Crippen LogP contribution in [-0.2, 0) is 12.8 Å². The van der Waals surface area contributed by atoms with Crippen molar-refractivity contribution in [2.24, 2.45) is 0 Å². The molecule has 3 nitrogen and oxygen atoms in total. The maximum absolute atomic E-state index is 12.4. The highest BCUT2D eigenvalue weighted by Crippen LogP contribution is 2.28. The Labute approximate surface area is 132 Å². The van der Waals surface area contributed by atoms with E-state index in [9.17, 15) is 4.79 Å². The molecule has 2 aromatic rings. The molecule has 3 rings (SSSR count). The summed E-state index contributed by atoms with van der Waals surface area (Å²) in [5, 5.41) is 3.00. The Morgan fingerprint density at radius 1 is 1.14 bits per heavy atom. The van der Waals surface area contributed by atoms with Crippen LogP contribution in [0.5, 0.6) is 0 Å². The van der Waals surface area contributed by atoms with Gasteiger partial charge >= 0.3 is 6.03 Å². The fourth-order valence-corrected chi connectivity index (χ4v) is 2.88. The monoisotopic (exact) mass is 294 g/mol. The number of benzene rings is 2. The number of carbonyl (C=O) groups excluding carboxylic acids is 1. The largest absolute Gasteiger partial charge is 0.326 e. The van der Waals surface area contributed by atoms with Crippen molar-refractivity contribution >= 4 is 17.4 Å². The van der Waals surface area contributed by atoms with Crippen LogP contribution in [0.4, 0.5) is 16.2 Å². The molecule has 0 aromatic heterocycles. The predicted molar refractivity (Wildman–Crippen MR) is 91.6 cm³/mol. The van der Waals surface area contributed by atoms with Gasteiger partial charge in [0.2, 0.25) is 0 Å².